The van der Waals surface area contributed by atoms with E-state index in [9.17, 15) is 9.59 Å². The molecule has 3 aromatic heterocycles. The highest BCUT2D eigenvalue weighted by atomic mass is 19.1. The number of allylic oxidation sites excluding steroid dienone is 1. The number of pyridine rings is 2. The molecule has 4 heterocycles. The Hall–Kier alpha value is -4.73. The lowest BCUT2D eigenvalue weighted by molar-refractivity contribution is -0.126. The Kier molecular flexibility index (Phi) is 5.63. The Morgan fingerprint density at radius 2 is 2.02 bits per heavy atom. The van der Waals surface area contributed by atoms with Gasteiger partial charge in [0.25, 0.3) is 0 Å². The summed E-state index contributed by atoms with van der Waals surface area (Å²) < 4.78 is 97.7. The molecular formula is C33H34F2N6O2. The van der Waals surface area contributed by atoms with Crippen molar-refractivity contribution in [1.29, 1.82) is 0 Å². The quantitative estimate of drug-likeness (QED) is 0.263. The molecule has 0 saturated carbocycles. The van der Waals surface area contributed by atoms with Crippen LogP contribution in [0, 0.1) is 18.5 Å². The van der Waals surface area contributed by atoms with E-state index in [1.54, 1.807) is 30.6 Å². The molecule has 8 nitrogen and oxygen atoms in total. The number of benzene rings is 1. The third-order valence-electron chi connectivity index (χ3n) is 7.43. The van der Waals surface area contributed by atoms with Gasteiger partial charge in [0, 0.05) is 45.7 Å². The van der Waals surface area contributed by atoms with E-state index in [2.05, 4.69) is 21.5 Å². The van der Waals surface area contributed by atoms with Gasteiger partial charge in [-0.05, 0) is 61.9 Å². The number of aromatic nitrogens is 4. The van der Waals surface area contributed by atoms with Gasteiger partial charge in [0.05, 0.1) is 19.5 Å². The average molecular weight is 593 g/mol. The molecule has 43 heavy (non-hydrogen) atoms. The summed E-state index contributed by atoms with van der Waals surface area (Å²) in [5, 5.41) is -0.0765. The first-order valence-electron chi connectivity index (χ1n) is 17.6. The number of rotatable bonds is 6. The van der Waals surface area contributed by atoms with Crippen LogP contribution in [0.5, 0.6) is 0 Å². The minimum absolute atomic E-state index is 0.0377. The second-order valence-electron chi connectivity index (χ2n) is 10.6. The van der Waals surface area contributed by atoms with Crippen molar-refractivity contribution in [1.82, 2.24) is 24.4 Å². The molecule has 1 aliphatic heterocycles. The van der Waals surface area contributed by atoms with Crippen molar-refractivity contribution in [3.8, 4) is 16.9 Å². The predicted molar refractivity (Wildman–Crippen MR) is 165 cm³/mol. The fourth-order valence-corrected chi connectivity index (χ4v) is 5.40. The fraction of sp³-hybridized carbons (Fsp3) is 0.303. The number of carbonyl (C=O) groups is 1. The smallest absolute Gasteiger partial charge is 0.350 e. The molecule has 0 unspecified atom stereocenters. The molecule has 222 valence electrons. The third-order valence-corrected chi connectivity index (χ3v) is 7.43. The Morgan fingerprint density at radius 3 is 2.70 bits per heavy atom. The molecule has 5 rings (SSSR count). The maximum Gasteiger partial charge on any atom is 0.355 e. The zero-order chi connectivity index (χ0) is 37.7. The highest BCUT2D eigenvalue weighted by molar-refractivity contribution is 5.92. The summed E-state index contributed by atoms with van der Waals surface area (Å²) >= 11 is 0. The van der Waals surface area contributed by atoms with Gasteiger partial charge in [0.1, 0.15) is 17.3 Å². The third kappa shape index (κ3) is 5.22. The minimum Gasteiger partial charge on any atom is -0.350 e. The number of anilines is 1. The van der Waals surface area contributed by atoms with Crippen molar-refractivity contribution >= 4 is 28.3 Å². The van der Waals surface area contributed by atoms with Crippen LogP contribution in [0.4, 0.5) is 14.6 Å². The van der Waals surface area contributed by atoms with Crippen LogP contribution in [0.3, 0.4) is 0 Å². The van der Waals surface area contributed by atoms with Gasteiger partial charge in [-0.3, -0.25) is 9.78 Å². The second-order valence-corrected chi connectivity index (χ2v) is 10.6. The van der Waals surface area contributed by atoms with Crippen LogP contribution in [0.2, 0.25) is 0 Å². The monoisotopic (exact) mass is 592 g/mol. The Labute approximate surface area is 260 Å². The number of hydrogen-bond donors (Lipinski definition) is 0. The van der Waals surface area contributed by atoms with Gasteiger partial charge in [-0.2, -0.15) is 4.98 Å². The van der Waals surface area contributed by atoms with E-state index in [1.165, 1.54) is 18.3 Å². The Bertz CT molecular complexity index is 2150. The number of carbonyl (C=O) groups excluding carboxylic acids is 1. The van der Waals surface area contributed by atoms with E-state index < -0.39 is 71.9 Å². The molecule has 0 bridgehead atoms. The largest absolute Gasteiger partial charge is 0.355 e. The molecule has 1 aromatic carbocycles. The second kappa shape index (κ2) is 11.5. The number of halogens is 2. The lowest BCUT2D eigenvalue weighted by atomic mass is 9.98. The molecular weight excluding hydrogens is 550 g/mol. The summed E-state index contributed by atoms with van der Waals surface area (Å²) in [7, 11) is 0. The molecule has 1 fully saturated rings. The van der Waals surface area contributed by atoms with Crippen LogP contribution >= 0.6 is 0 Å². The molecule has 1 saturated heterocycles. The summed E-state index contributed by atoms with van der Waals surface area (Å²) in [4.78, 5) is 43.0. The number of hydrogen-bond acceptors (Lipinski definition) is 6. The highest BCUT2D eigenvalue weighted by Crippen LogP contribution is 2.36. The van der Waals surface area contributed by atoms with Crippen molar-refractivity contribution in [2.75, 3.05) is 24.5 Å². The Balaban J connectivity index is 1.94. The number of aryl methyl sites for hydroxylation is 1. The summed E-state index contributed by atoms with van der Waals surface area (Å²) in [6.07, 6.45) is 2.46. The standard InChI is InChI=1S/C33H34F2N6O2/c1-8-26(42)39-14-15-40(21(7)17-39)31-23-16-25(35)29(27-22(18(2)3)10-9-11-24(27)34)37-32(23)41(33(43)38-31)30-20(6)12-13-36-28(30)19(4)5/h8-13,16,19,21H,1-2,14-15,17H2,3-7H3/t21-/m0/s1/i2D2,3D3,6D3. The molecule has 0 N–H and O–H groups in total. The lowest BCUT2D eigenvalue weighted by Crippen LogP contribution is -2.54. The van der Waals surface area contributed by atoms with E-state index in [1.807, 2.05) is 0 Å². The molecule has 0 aliphatic carbocycles. The number of nitrogens with zero attached hydrogens (tertiary/aromatic N) is 6. The molecule has 1 atom stereocenters. The topological polar surface area (TPSA) is 84.2 Å². The number of piperazine rings is 1. The average Bonchev–Trinajstić information content (AvgIpc) is 3.03. The van der Waals surface area contributed by atoms with Crippen molar-refractivity contribution in [2.24, 2.45) is 0 Å². The van der Waals surface area contributed by atoms with E-state index in [0.717, 1.165) is 28.8 Å². The molecule has 0 radical (unpaired) electrons. The van der Waals surface area contributed by atoms with Gasteiger partial charge in [0.15, 0.2) is 11.5 Å². The van der Waals surface area contributed by atoms with E-state index in [-0.39, 0.29) is 59.3 Å². The first kappa shape index (κ1) is 21.0. The lowest BCUT2D eigenvalue weighted by Gasteiger charge is -2.40. The normalized spacial score (nSPS) is 18.5. The first-order valence-corrected chi connectivity index (χ1v) is 13.6. The van der Waals surface area contributed by atoms with Gasteiger partial charge < -0.3 is 9.80 Å². The summed E-state index contributed by atoms with van der Waals surface area (Å²) in [6, 6.07) is 4.89. The van der Waals surface area contributed by atoms with Crippen LogP contribution in [0.25, 0.3) is 33.6 Å². The van der Waals surface area contributed by atoms with Gasteiger partial charge >= 0.3 is 5.69 Å². The van der Waals surface area contributed by atoms with E-state index in [0.29, 0.717) is 0 Å². The molecule has 1 aliphatic rings. The van der Waals surface area contributed by atoms with Crippen molar-refractivity contribution < 1.29 is 24.5 Å². The van der Waals surface area contributed by atoms with Crippen molar-refractivity contribution in [3.63, 3.8) is 0 Å². The van der Waals surface area contributed by atoms with Crippen molar-refractivity contribution in [2.45, 2.75) is 46.4 Å². The van der Waals surface area contributed by atoms with Gasteiger partial charge in [0.2, 0.25) is 5.91 Å². The minimum atomic E-state index is -3.09. The van der Waals surface area contributed by atoms with Crippen LogP contribution in [0.1, 0.15) is 61.3 Å². The van der Waals surface area contributed by atoms with E-state index in [4.69, 9.17) is 11.0 Å². The Morgan fingerprint density at radius 1 is 1.21 bits per heavy atom. The number of fused-ring (bicyclic) bond motifs is 1. The van der Waals surface area contributed by atoms with Crippen LogP contribution < -0.4 is 10.6 Å². The maximum atomic E-state index is 16.5. The van der Waals surface area contributed by atoms with Gasteiger partial charge in [-0.25, -0.2) is 23.1 Å². The van der Waals surface area contributed by atoms with Crippen LogP contribution in [-0.4, -0.2) is 56.0 Å². The van der Waals surface area contributed by atoms with E-state index >= 15 is 8.78 Å². The zero-order valence-electron chi connectivity index (χ0n) is 31.8. The summed E-state index contributed by atoms with van der Waals surface area (Å²) in [6.45, 7) is 2.25. The van der Waals surface area contributed by atoms with Crippen LogP contribution in [0.15, 0.2) is 60.5 Å². The first-order chi connectivity index (χ1) is 23.8. The molecule has 1 amide bonds. The predicted octanol–water partition coefficient (Wildman–Crippen LogP) is 5.81. The number of amides is 1. The zero-order valence-corrected chi connectivity index (χ0v) is 23.8. The molecule has 4 aromatic rings. The van der Waals surface area contributed by atoms with Crippen molar-refractivity contribution in [3.05, 3.63) is 94.7 Å². The SMILES string of the molecule is [2H]C([2H])=C(c1cccc(F)c1-c1nc2c(cc1F)c(N1CCN(C(=O)C=C)C[C@@H]1C)nc(=O)n2-c1c(C([2H])([2H])[2H])ccnc1C(C)C)C([2H])([2H])[2H]. The molecule has 10 heteroatoms. The maximum absolute atomic E-state index is 16.5. The van der Waals surface area contributed by atoms with Gasteiger partial charge in [-0.15, -0.1) is 0 Å². The highest BCUT2D eigenvalue weighted by Gasteiger charge is 2.31. The summed E-state index contributed by atoms with van der Waals surface area (Å²) in [5.74, 6) is -3.09. The van der Waals surface area contributed by atoms with Crippen LogP contribution in [-0.2, 0) is 4.79 Å². The summed E-state index contributed by atoms with van der Waals surface area (Å²) in [5.41, 5.74) is -4.47. The van der Waals surface area contributed by atoms with Gasteiger partial charge in [-0.1, -0.05) is 44.7 Å². The molecule has 0 spiro atoms. The fourth-order valence-electron chi connectivity index (χ4n) is 5.40.